The number of nitro groups is 1. The lowest BCUT2D eigenvalue weighted by molar-refractivity contribution is -0.385. The van der Waals surface area contributed by atoms with Crippen molar-refractivity contribution in [3.05, 3.63) is 32.8 Å². The lowest BCUT2D eigenvalue weighted by atomic mass is 9.89. The van der Waals surface area contributed by atoms with Gasteiger partial charge in [0.25, 0.3) is 5.69 Å². The number of rotatable bonds is 3. The first-order valence-electron chi connectivity index (χ1n) is 7.87. The van der Waals surface area contributed by atoms with Gasteiger partial charge in [0.2, 0.25) is 0 Å². The Morgan fingerprint density at radius 3 is 2.64 bits per heavy atom. The standard InChI is InChI=1S/C16H21ClN2O3/c1-11-9-15(13(17)10-14(11)19(20)21)18-6-4-12(5-7-18)16-3-2-8-22-16/h9-10,12,16H,2-8H2,1H3. The number of aryl methyl sites for hydroxylation is 1. The van der Waals surface area contributed by atoms with Gasteiger partial charge in [-0.05, 0) is 44.6 Å². The van der Waals surface area contributed by atoms with Gasteiger partial charge in [-0.2, -0.15) is 0 Å². The summed E-state index contributed by atoms with van der Waals surface area (Å²) in [7, 11) is 0. The Bertz CT molecular complexity index is 565. The molecule has 2 aliphatic heterocycles. The average Bonchev–Trinajstić information content (AvgIpc) is 3.03. The van der Waals surface area contributed by atoms with Crippen LogP contribution in [0.4, 0.5) is 11.4 Å². The fraction of sp³-hybridized carbons (Fsp3) is 0.625. The van der Waals surface area contributed by atoms with Gasteiger partial charge in [0.1, 0.15) is 0 Å². The highest BCUT2D eigenvalue weighted by Gasteiger charge is 2.30. The van der Waals surface area contributed by atoms with Crippen molar-refractivity contribution in [3.63, 3.8) is 0 Å². The summed E-state index contributed by atoms with van der Waals surface area (Å²) in [5.74, 6) is 0.636. The first-order chi connectivity index (χ1) is 10.6. The van der Waals surface area contributed by atoms with Gasteiger partial charge < -0.3 is 9.64 Å². The number of hydrogen-bond donors (Lipinski definition) is 0. The number of ether oxygens (including phenoxy) is 1. The van der Waals surface area contributed by atoms with Gasteiger partial charge in [-0.25, -0.2) is 0 Å². The van der Waals surface area contributed by atoms with Crippen LogP contribution in [0.25, 0.3) is 0 Å². The Labute approximate surface area is 135 Å². The van der Waals surface area contributed by atoms with Crippen molar-refractivity contribution in [1.82, 2.24) is 0 Å². The molecule has 0 spiro atoms. The summed E-state index contributed by atoms with van der Waals surface area (Å²) in [6.45, 7) is 4.53. The number of benzene rings is 1. The van der Waals surface area contributed by atoms with Crippen LogP contribution < -0.4 is 4.90 Å². The Hall–Kier alpha value is -1.33. The fourth-order valence-corrected chi connectivity index (χ4v) is 3.86. The van der Waals surface area contributed by atoms with E-state index in [-0.39, 0.29) is 10.6 Å². The van der Waals surface area contributed by atoms with Crippen LogP contribution in [0.15, 0.2) is 12.1 Å². The average molecular weight is 325 g/mol. The second kappa shape index (κ2) is 6.42. The van der Waals surface area contributed by atoms with Gasteiger partial charge >= 0.3 is 0 Å². The largest absolute Gasteiger partial charge is 0.378 e. The van der Waals surface area contributed by atoms with Crippen LogP contribution in [0, 0.1) is 23.0 Å². The number of piperidine rings is 1. The highest BCUT2D eigenvalue weighted by molar-refractivity contribution is 6.33. The molecule has 5 nitrogen and oxygen atoms in total. The molecule has 1 aromatic carbocycles. The Balaban J connectivity index is 1.70. The lowest BCUT2D eigenvalue weighted by Gasteiger charge is -2.36. The highest BCUT2D eigenvalue weighted by atomic mass is 35.5. The summed E-state index contributed by atoms with van der Waals surface area (Å²) in [4.78, 5) is 12.8. The topological polar surface area (TPSA) is 55.6 Å². The molecule has 3 rings (SSSR count). The summed E-state index contributed by atoms with van der Waals surface area (Å²) in [5, 5.41) is 11.4. The summed E-state index contributed by atoms with van der Waals surface area (Å²) in [5.41, 5.74) is 1.66. The van der Waals surface area contributed by atoms with Crippen LogP contribution in [0.3, 0.4) is 0 Å². The maximum Gasteiger partial charge on any atom is 0.273 e. The molecule has 0 radical (unpaired) electrons. The highest BCUT2D eigenvalue weighted by Crippen LogP contribution is 2.36. The van der Waals surface area contributed by atoms with E-state index in [2.05, 4.69) is 4.90 Å². The molecule has 1 aromatic rings. The van der Waals surface area contributed by atoms with E-state index in [0.717, 1.165) is 38.2 Å². The number of halogens is 1. The minimum atomic E-state index is -0.380. The Kier molecular flexibility index (Phi) is 4.54. The van der Waals surface area contributed by atoms with Crippen LogP contribution in [-0.4, -0.2) is 30.7 Å². The van der Waals surface area contributed by atoms with Crippen LogP contribution in [0.5, 0.6) is 0 Å². The van der Waals surface area contributed by atoms with E-state index in [1.165, 1.54) is 18.9 Å². The van der Waals surface area contributed by atoms with Crippen LogP contribution in [0.1, 0.15) is 31.2 Å². The van der Waals surface area contributed by atoms with Crippen LogP contribution in [0.2, 0.25) is 5.02 Å². The Morgan fingerprint density at radius 2 is 2.05 bits per heavy atom. The van der Waals surface area contributed by atoms with Crippen molar-refractivity contribution < 1.29 is 9.66 Å². The zero-order chi connectivity index (χ0) is 15.7. The first kappa shape index (κ1) is 15.6. The molecule has 22 heavy (non-hydrogen) atoms. The summed E-state index contributed by atoms with van der Waals surface area (Å²) in [6.07, 6.45) is 4.98. The molecule has 6 heteroatoms. The van der Waals surface area contributed by atoms with Gasteiger partial charge in [0, 0.05) is 31.3 Å². The second-order valence-electron chi connectivity index (χ2n) is 6.22. The van der Waals surface area contributed by atoms with Gasteiger partial charge in [-0.1, -0.05) is 11.6 Å². The van der Waals surface area contributed by atoms with Gasteiger partial charge in [0.15, 0.2) is 0 Å². The van der Waals surface area contributed by atoms with E-state index in [4.69, 9.17) is 16.3 Å². The van der Waals surface area contributed by atoms with Crippen molar-refractivity contribution in [2.45, 2.75) is 38.7 Å². The fourth-order valence-electron chi connectivity index (χ4n) is 3.58. The van der Waals surface area contributed by atoms with Crippen molar-refractivity contribution in [2.75, 3.05) is 24.6 Å². The summed E-state index contributed by atoms with van der Waals surface area (Å²) in [6, 6.07) is 3.31. The van der Waals surface area contributed by atoms with Crippen LogP contribution in [-0.2, 0) is 4.74 Å². The molecular weight excluding hydrogens is 304 g/mol. The molecule has 2 saturated heterocycles. The van der Waals surface area contributed by atoms with E-state index in [1.54, 1.807) is 6.92 Å². The maximum atomic E-state index is 11.0. The van der Waals surface area contributed by atoms with Crippen LogP contribution >= 0.6 is 11.6 Å². The van der Waals surface area contributed by atoms with E-state index < -0.39 is 0 Å². The first-order valence-corrected chi connectivity index (χ1v) is 8.25. The normalized spacial score (nSPS) is 23.0. The molecule has 0 aliphatic carbocycles. The summed E-state index contributed by atoms with van der Waals surface area (Å²) >= 11 is 6.27. The van der Waals surface area contributed by atoms with Crippen molar-refractivity contribution in [3.8, 4) is 0 Å². The molecule has 2 heterocycles. The van der Waals surface area contributed by atoms with Gasteiger partial charge in [-0.3, -0.25) is 10.1 Å². The third-order valence-electron chi connectivity index (χ3n) is 4.83. The molecule has 1 atom stereocenters. The number of anilines is 1. The molecule has 0 N–H and O–H groups in total. The van der Waals surface area contributed by atoms with E-state index in [9.17, 15) is 10.1 Å². The minimum absolute atomic E-state index is 0.0861. The second-order valence-corrected chi connectivity index (χ2v) is 6.63. The van der Waals surface area contributed by atoms with E-state index in [0.29, 0.717) is 22.6 Å². The minimum Gasteiger partial charge on any atom is -0.378 e. The zero-order valence-electron chi connectivity index (χ0n) is 12.8. The van der Waals surface area contributed by atoms with Crippen molar-refractivity contribution in [2.24, 2.45) is 5.92 Å². The molecule has 2 fully saturated rings. The molecule has 0 bridgehead atoms. The maximum absolute atomic E-state index is 11.0. The number of nitro benzene ring substituents is 1. The SMILES string of the molecule is Cc1cc(N2CCC(C3CCCO3)CC2)c(Cl)cc1[N+](=O)[O-]. The quantitative estimate of drug-likeness (QED) is 0.624. The van der Waals surface area contributed by atoms with Gasteiger partial charge in [-0.15, -0.1) is 0 Å². The molecule has 0 saturated carbocycles. The molecule has 120 valence electrons. The van der Waals surface area contributed by atoms with Gasteiger partial charge in [0.05, 0.1) is 21.7 Å². The lowest BCUT2D eigenvalue weighted by Crippen LogP contribution is -2.37. The van der Waals surface area contributed by atoms with E-state index >= 15 is 0 Å². The van der Waals surface area contributed by atoms with Crippen molar-refractivity contribution in [1.29, 1.82) is 0 Å². The van der Waals surface area contributed by atoms with Crippen molar-refractivity contribution >= 4 is 23.0 Å². The predicted molar refractivity (Wildman–Crippen MR) is 86.8 cm³/mol. The molecule has 0 aromatic heterocycles. The molecule has 1 unspecified atom stereocenters. The zero-order valence-corrected chi connectivity index (χ0v) is 13.5. The Morgan fingerprint density at radius 1 is 1.32 bits per heavy atom. The number of hydrogen-bond acceptors (Lipinski definition) is 4. The summed E-state index contributed by atoms with van der Waals surface area (Å²) < 4.78 is 5.80. The third kappa shape index (κ3) is 3.06. The molecular formula is C16H21ClN2O3. The predicted octanol–water partition coefficient (Wildman–Crippen LogP) is 3.95. The smallest absolute Gasteiger partial charge is 0.273 e. The van der Waals surface area contributed by atoms with E-state index in [1.807, 2.05) is 6.07 Å². The third-order valence-corrected chi connectivity index (χ3v) is 5.14. The molecule has 0 amide bonds. The number of nitrogens with zero attached hydrogens (tertiary/aromatic N) is 2. The molecule has 2 aliphatic rings. The monoisotopic (exact) mass is 324 g/mol.